The van der Waals surface area contributed by atoms with Crippen molar-refractivity contribution >= 4 is 35.0 Å². The van der Waals surface area contributed by atoms with Crippen LogP contribution in [0.2, 0.25) is 0 Å². The average Bonchev–Trinajstić information content (AvgIpc) is 3.46. The number of aromatic nitrogens is 1. The smallest absolute Gasteiger partial charge is 0.335 e. The number of thiazole rings is 1. The summed E-state index contributed by atoms with van der Waals surface area (Å²) >= 11 is 0.614. The third-order valence-electron chi connectivity index (χ3n) is 5.19. The van der Waals surface area contributed by atoms with Crippen LogP contribution in [0.15, 0.2) is 53.7 Å². The number of amides is 2. The van der Waals surface area contributed by atoms with Crippen molar-refractivity contribution in [1.29, 1.82) is 0 Å². The number of carbonyl (C=O) groups excluding carboxylic acids is 1. The van der Waals surface area contributed by atoms with E-state index < -0.39 is 11.2 Å². The Kier molecular flexibility index (Phi) is 4.35. The lowest BCUT2D eigenvalue weighted by molar-refractivity contribution is -0.137. The predicted molar refractivity (Wildman–Crippen MR) is 109 cm³/mol. The van der Waals surface area contributed by atoms with E-state index in [0.29, 0.717) is 28.3 Å². The van der Waals surface area contributed by atoms with Crippen LogP contribution in [0.4, 0.5) is 29.3 Å². The molecule has 0 bridgehead atoms. The van der Waals surface area contributed by atoms with Crippen molar-refractivity contribution in [2.45, 2.75) is 18.6 Å². The van der Waals surface area contributed by atoms with Crippen LogP contribution in [0.5, 0.6) is 0 Å². The van der Waals surface area contributed by atoms with Crippen LogP contribution in [-0.4, -0.2) is 23.8 Å². The molecule has 0 aliphatic carbocycles. The summed E-state index contributed by atoms with van der Waals surface area (Å²) in [6, 6.07) is 12.6. The van der Waals surface area contributed by atoms with Gasteiger partial charge in [0.1, 0.15) is 0 Å². The quantitative estimate of drug-likeness (QED) is 0.611. The van der Waals surface area contributed by atoms with E-state index in [4.69, 9.17) is 0 Å². The molecule has 1 saturated heterocycles. The van der Waals surface area contributed by atoms with Gasteiger partial charge in [0.15, 0.2) is 5.01 Å². The fourth-order valence-electron chi connectivity index (χ4n) is 3.71. The summed E-state index contributed by atoms with van der Waals surface area (Å²) in [5.74, 6) is 0. The van der Waals surface area contributed by atoms with Crippen molar-refractivity contribution in [3.8, 4) is 10.4 Å². The highest BCUT2D eigenvalue weighted by Gasteiger charge is 2.35. The first-order valence-electron chi connectivity index (χ1n) is 9.26. The van der Waals surface area contributed by atoms with Gasteiger partial charge in [-0.2, -0.15) is 13.2 Å². The molecule has 1 aromatic heterocycles. The summed E-state index contributed by atoms with van der Waals surface area (Å²) < 4.78 is 38.4. The molecule has 3 heterocycles. The predicted octanol–water partition coefficient (Wildman–Crippen LogP) is 5.36. The molecule has 30 heavy (non-hydrogen) atoms. The van der Waals surface area contributed by atoms with Crippen molar-refractivity contribution in [1.82, 2.24) is 10.3 Å². The summed E-state index contributed by atoms with van der Waals surface area (Å²) in [5, 5.41) is 2.00. The van der Waals surface area contributed by atoms with Gasteiger partial charge in [0.05, 0.1) is 16.6 Å². The number of aliphatic imine (C=N–C) groups is 1. The zero-order valence-electron chi connectivity index (χ0n) is 15.5. The fraction of sp³-hybridized carbons (Fsp3) is 0.190. The van der Waals surface area contributed by atoms with Crippen molar-refractivity contribution < 1.29 is 18.0 Å². The molecule has 152 valence electrons. The first-order valence-corrected chi connectivity index (χ1v) is 10.1. The van der Waals surface area contributed by atoms with E-state index in [-0.39, 0.29) is 12.1 Å². The summed E-state index contributed by atoms with van der Waals surface area (Å²) in [4.78, 5) is 22.5. The molecule has 1 N–H and O–H groups in total. The lowest BCUT2D eigenvalue weighted by Gasteiger charge is -2.24. The number of benzene rings is 2. The third-order valence-corrected chi connectivity index (χ3v) is 6.29. The highest BCUT2D eigenvalue weighted by Crippen LogP contribution is 2.38. The minimum Gasteiger partial charge on any atom is -0.335 e. The van der Waals surface area contributed by atoms with Crippen molar-refractivity contribution in [3.05, 3.63) is 64.8 Å². The van der Waals surface area contributed by atoms with E-state index in [1.165, 1.54) is 6.20 Å². The number of rotatable bonds is 3. The first-order chi connectivity index (χ1) is 14.4. The maximum absolute atomic E-state index is 12.8. The SMILES string of the molecule is O=C1NC[C@H](c2ccc(-c3cnc(C(F)(F)F)s3)cc2)N1c1ccc2c(c1)N=CC2. The number of fused-ring (bicyclic) bond motifs is 1. The maximum Gasteiger partial charge on any atom is 0.443 e. The topological polar surface area (TPSA) is 57.6 Å². The van der Waals surface area contributed by atoms with E-state index in [2.05, 4.69) is 15.3 Å². The van der Waals surface area contributed by atoms with Gasteiger partial charge in [-0.05, 0) is 28.8 Å². The number of urea groups is 1. The van der Waals surface area contributed by atoms with Crippen LogP contribution < -0.4 is 10.2 Å². The summed E-state index contributed by atoms with van der Waals surface area (Å²) in [7, 11) is 0. The number of anilines is 1. The van der Waals surface area contributed by atoms with Gasteiger partial charge in [-0.3, -0.25) is 9.89 Å². The normalized spacial score (nSPS) is 18.0. The molecular formula is C21H15F3N4OS. The number of carbonyl (C=O) groups is 1. The van der Waals surface area contributed by atoms with Crippen LogP contribution in [0.3, 0.4) is 0 Å². The second-order valence-electron chi connectivity index (χ2n) is 7.05. The summed E-state index contributed by atoms with van der Waals surface area (Å²) in [5.41, 5.74) is 4.30. The number of nitrogens with one attached hydrogen (secondary N) is 1. The van der Waals surface area contributed by atoms with E-state index >= 15 is 0 Å². The molecule has 2 aliphatic heterocycles. The zero-order valence-corrected chi connectivity index (χ0v) is 16.3. The molecular weight excluding hydrogens is 413 g/mol. The summed E-state index contributed by atoms with van der Waals surface area (Å²) in [6.45, 7) is 0.442. The van der Waals surface area contributed by atoms with Gasteiger partial charge in [0.25, 0.3) is 0 Å². The Balaban J connectivity index is 1.42. The first kappa shape index (κ1) is 18.8. The third kappa shape index (κ3) is 3.24. The van der Waals surface area contributed by atoms with Gasteiger partial charge >= 0.3 is 12.2 Å². The molecule has 9 heteroatoms. The lowest BCUT2D eigenvalue weighted by atomic mass is 10.0. The van der Waals surface area contributed by atoms with Crippen LogP contribution in [-0.2, 0) is 12.6 Å². The minimum atomic E-state index is -4.45. The van der Waals surface area contributed by atoms with E-state index in [9.17, 15) is 18.0 Å². The molecule has 1 fully saturated rings. The number of alkyl halides is 3. The highest BCUT2D eigenvalue weighted by atomic mass is 32.1. The van der Waals surface area contributed by atoms with Crippen molar-refractivity contribution in [3.63, 3.8) is 0 Å². The zero-order chi connectivity index (χ0) is 20.9. The van der Waals surface area contributed by atoms with Crippen molar-refractivity contribution in [2.24, 2.45) is 4.99 Å². The van der Waals surface area contributed by atoms with Gasteiger partial charge in [-0.1, -0.05) is 30.3 Å². The monoisotopic (exact) mass is 428 g/mol. The van der Waals surface area contributed by atoms with Gasteiger partial charge < -0.3 is 5.32 Å². The number of nitrogens with zero attached hydrogens (tertiary/aromatic N) is 3. The van der Waals surface area contributed by atoms with Gasteiger partial charge in [0, 0.05) is 31.1 Å². The second kappa shape index (κ2) is 6.94. The molecule has 5 nitrogen and oxygen atoms in total. The molecule has 2 aromatic carbocycles. The molecule has 0 radical (unpaired) electrons. The fourth-order valence-corrected chi connectivity index (χ4v) is 4.50. The molecule has 0 spiro atoms. The van der Waals surface area contributed by atoms with Gasteiger partial charge in [-0.15, -0.1) is 11.3 Å². The largest absolute Gasteiger partial charge is 0.443 e. The Morgan fingerprint density at radius 3 is 2.67 bits per heavy atom. The Morgan fingerprint density at radius 2 is 1.93 bits per heavy atom. The number of hydrogen-bond donors (Lipinski definition) is 1. The molecule has 3 aromatic rings. The van der Waals surface area contributed by atoms with Gasteiger partial charge in [0.2, 0.25) is 0 Å². The lowest BCUT2D eigenvalue weighted by Crippen LogP contribution is -2.29. The van der Waals surface area contributed by atoms with Gasteiger partial charge in [-0.25, -0.2) is 9.78 Å². The Morgan fingerprint density at radius 1 is 1.13 bits per heavy atom. The van der Waals surface area contributed by atoms with E-state index in [1.807, 2.05) is 36.5 Å². The Hall–Kier alpha value is -3.20. The Bertz CT molecular complexity index is 1150. The number of halogens is 3. The van der Waals surface area contributed by atoms with Crippen molar-refractivity contribution in [2.75, 3.05) is 11.4 Å². The minimum absolute atomic E-state index is 0.191. The second-order valence-corrected chi connectivity index (χ2v) is 8.08. The summed E-state index contributed by atoms with van der Waals surface area (Å²) in [6.07, 6.45) is -0.571. The molecule has 1 atom stereocenters. The van der Waals surface area contributed by atoms with E-state index in [0.717, 1.165) is 28.9 Å². The highest BCUT2D eigenvalue weighted by molar-refractivity contribution is 7.15. The number of hydrogen-bond acceptors (Lipinski definition) is 4. The Labute approximate surface area is 173 Å². The van der Waals surface area contributed by atoms with Crippen LogP contribution >= 0.6 is 11.3 Å². The molecule has 0 saturated carbocycles. The van der Waals surface area contributed by atoms with Crippen LogP contribution in [0, 0.1) is 0 Å². The maximum atomic E-state index is 12.8. The van der Waals surface area contributed by atoms with Crippen LogP contribution in [0.25, 0.3) is 10.4 Å². The van der Waals surface area contributed by atoms with Crippen LogP contribution in [0.1, 0.15) is 22.2 Å². The average molecular weight is 428 g/mol. The molecule has 2 amide bonds. The molecule has 0 unspecified atom stereocenters. The van der Waals surface area contributed by atoms with E-state index in [1.54, 1.807) is 17.0 Å². The standard InChI is InChI=1S/C21H15F3N4OS/c22-21(23,24)19-26-11-18(30-19)14-3-1-13(2-4-14)17-10-27-20(29)28(17)15-6-5-12-7-8-25-16(12)9-15/h1-6,8-9,11,17H,7,10H2,(H,27,29)/t17-/m1/s1. The molecule has 5 rings (SSSR count). The molecule has 2 aliphatic rings.